The van der Waals surface area contributed by atoms with Crippen LogP contribution in [-0.4, -0.2) is 36.5 Å². The highest BCUT2D eigenvalue weighted by Crippen LogP contribution is 2.46. The van der Waals surface area contributed by atoms with Crippen LogP contribution in [0.4, 0.5) is 0 Å². The zero-order valence-electron chi connectivity index (χ0n) is 14.1. The van der Waals surface area contributed by atoms with Crippen molar-refractivity contribution in [1.29, 1.82) is 0 Å². The van der Waals surface area contributed by atoms with Gasteiger partial charge in [-0.15, -0.1) is 0 Å². The van der Waals surface area contributed by atoms with Crippen LogP contribution in [0.5, 0.6) is 23.0 Å². The van der Waals surface area contributed by atoms with E-state index in [1.165, 1.54) is 6.07 Å². The Morgan fingerprint density at radius 2 is 1.60 bits per heavy atom. The highest BCUT2D eigenvalue weighted by atomic mass is 16.6. The summed E-state index contributed by atoms with van der Waals surface area (Å²) < 4.78 is 20.8. The summed E-state index contributed by atoms with van der Waals surface area (Å²) in [7, 11) is 0. The molecule has 0 saturated heterocycles. The number of fused-ring (bicyclic) bond motifs is 2. The molecule has 0 fully saturated rings. The number of amides is 1. The van der Waals surface area contributed by atoms with Crippen molar-refractivity contribution >= 4 is 23.8 Å². The van der Waals surface area contributed by atoms with Crippen LogP contribution in [0.15, 0.2) is 6.07 Å². The van der Waals surface area contributed by atoms with Crippen LogP contribution >= 0.6 is 0 Å². The largest absolute Gasteiger partial charge is 0.485 e. The summed E-state index contributed by atoms with van der Waals surface area (Å²) in [5, 5.41) is 2.56. The van der Waals surface area contributed by atoms with Crippen molar-refractivity contribution in [2.24, 2.45) is 0 Å². The molecule has 0 aliphatic carbocycles. The van der Waals surface area contributed by atoms with Gasteiger partial charge >= 0.3 is 17.9 Å². The van der Waals surface area contributed by atoms with Crippen molar-refractivity contribution in [3.05, 3.63) is 11.6 Å². The number of carbonyl (C=O) groups excluding carboxylic acids is 4. The highest BCUT2D eigenvalue weighted by Gasteiger charge is 2.32. The Morgan fingerprint density at radius 3 is 2.16 bits per heavy atom. The van der Waals surface area contributed by atoms with Gasteiger partial charge < -0.3 is 24.3 Å². The normalized spacial score (nSPS) is 15.8. The van der Waals surface area contributed by atoms with E-state index in [1.54, 1.807) is 6.92 Å². The SMILES string of the molecule is CC(=O)Oc1cc2c(OC(C)=O)c(c1OC(C)=O)C(=O)NCC(C)O2. The van der Waals surface area contributed by atoms with Crippen LogP contribution in [0, 0.1) is 0 Å². The Bertz CT molecular complexity index is 755. The molecule has 1 aliphatic heterocycles. The second kappa shape index (κ2) is 7.20. The van der Waals surface area contributed by atoms with Crippen LogP contribution in [0.2, 0.25) is 0 Å². The lowest BCUT2D eigenvalue weighted by molar-refractivity contribution is -0.134. The third-order valence-electron chi connectivity index (χ3n) is 3.01. The summed E-state index contributed by atoms with van der Waals surface area (Å²) >= 11 is 0. The van der Waals surface area contributed by atoms with E-state index in [0.717, 1.165) is 20.8 Å². The first-order chi connectivity index (χ1) is 11.7. The summed E-state index contributed by atoms with van der Waals surface area (Å²) in [6.45, 7) is 5.26. The van der Waals surface area contributed by atoms with Gasteiger partial charge in [-0.3, -0.25) is 19.2 Å². The zero-order valence-corrected chi connectivity index (χ0v) is 14.1. The average Bonchev–Trinajstić information content (AvgIpc) is 2.46. The molecule has 0 saturated carbocycles. The van der Waals surface area contributed by atoms with Gasteiger partial charge in [-0.05, 0) is 6.92 Å². The van der Waals surface area contributed by atoms with Crippen LogP contribution in [-0.2, 0) is 14.4 Å². The molecule has 9 heteroatoms. The van der Waals surface area contributed by atoms with E-state index in [2.05, 4.69) is 5.32 Å². The number of hydrogen-bond donors (Lipinski definition) is 1. The lowest BCUT2D eigenvalue weighted by atomic mass is 10.1. The van der Waals surface area contributed by atoms with Crippen molar-refractivity contribution in [3.63, 3.8) is 0 Å². The zero-order chi connectivity index (χ0) is 18.7. The molecule has 2 rings (SSSR count). The summed E-state index contributed by atoms with van der Waals surface area (Å²) in [5.74, 6) is -3.57. The monoisotopic (exact) mass is 351 g/mol. The van der Waals surface area contributed by atoms with Crippen LogP contribution in [0.1, 0.15) is 38.1 Å². The molecule has 1 aromatic carbocycles. The molecule has 9 nitrogen and oxygen atoms in total. The number of hydrogen-bond acceptors (Lipinski definition) is 8. The van der Waals surface area contributed by atoms with E-state index in [-0.39, 0.29) is 35.1 Å². The number of nitrogens with one attached hydrogen (secondary N) is 1. The Kier molecular flexibility index (Phi) is 5.26. The molecule has 25 heavy (non-hydrogen) atoms. The van der Waals surface area contributed by atoms with Gasteiger partial charge in [-0.25, -0.2) is 0 Å². The molecule has 1 amide bonds. The number of esters is 3. The lowest BCUT2D eigenvalue weighted by Crippen LogP contribution is -2.36. The van der Waals surface area contributed by atoms with E-state index in [1.807, 2.05) is 0 Å². The van der Waals surface area contributed by atoms with Gasteiger partial charge in [0, 0.05) is 26.8 Å². The number of carbonyl (C=O) groups is 4. The predicted molar refractivity (Wildman–Crippen MR) is 82.8 cm³/mol. The summed E-state index contributed by atoms with van der Waals surface area (Å²) in [5.41, 5.74) is -0.272. The summed E-state index contributed by atoms with van der Waals surface area (Å²) in [4.78, 5) is 46.8. The molecule has 0 aromatic heterocycles. The summed E-state index contributed by atoms with van der Waals surface area (Å²) in [6, 6.07) is 1.23. The maximum absolute atomic E-state index is 12.5. The summed E-state index contributed by atoms with van der Waals surface area (Å²) in [6.07, 6.45) is -0.448. The van der Waals surface area contributed by atoms with Gasteiger partial charge in [0.05, 0.1) is 6.54 Å². The second-order valence-corrected chi connectivity index (χ2v) is 5.33. The van der Waals surface area contributed by atoms with Crippen molar-refractivity contribution in [1.82, 2.24) is 5.32 Å². The van der Waals surface area contributed by atoms with Gasteiger partial charge in [0.1, 0.15) is 11.7 Å². The van der Waals surface area contributed by atoms with Crippen molar-refractivity contribution < 1.29 is 38.1 Å². The first-order valence-electron chi connectivity index (χ1n) is 7.40. The van der Waals surface area contributed by atoms with Crippen LogP contribution < -0.4 is 24.3 Å². The molecule has 2 bridgehead atoms. The number of benzene rings is 1. The maximum Gasteiger partial charge on any atom is 0.308 e. The molecule has 1 aliphatic rings. The van der Waals surface area contributed by atoms with Gasteiger partial charge in [0.15, 0.2) is 23.0 Å². The maximum atomic E-state index is 12.5. The minimum absolute atomic E-state index is 0.0136. The van der Waals surface area contributed by atoms with Gasteiger partial charge in [-0.2, -0.15) is 0 Å². The Morgan fingerprint density at radius 1 is 1.04 bits per heavy atom. The fourth-order valence-electron chi connectivity index (χ4n) is 2.20. The second-order valence-electron chi connectivity index (χ2n) is 5.33. The molecular formula is C16H17NO8. The van der Waals surface area contributed by atoms with Crippen LogP contribution in [0.25, 0.3) is 0 Å². The van der Waals surface area contributed by atoms with E-state index in [0.29, 0.717) is 0 Å². The molecule has 1 heterocycles. The lowest BCUT2D eigenvalue weighted by Gasteiger charge is -2.25. The molecule has 1 atom stereocenters. The third kappa shape index (κ3) is 4.25. The van der Waals surface area contributed by atoms with E-state index < -0.39 is 29.9 Å². The Labute approximate surface area is 143 Å². The third-order valence-corrected chi connectivity index (χ3v) is 3.01. The van der Waals surface area contributed by atoms with Crippen molar-refractivity contribution in [2.75, 3.05) is 6.54 Å². The fourth-order valence-corrected chi connectivity index (χ4v) is 2.20. The molecule has 0 spiro atoms. The molecule has 134 valence electrons. The first kappa shape index (κ1) is 18.2. The molecule has 1 aromatic rings. The quantitative estimate of drug-likeness (QED) is 0.632. The van der Waals surface area contributed by atoms with Gasteiger partial charge in [0.25, 0.3) is 5.91 Å². The molecule has 1 N–H and O–H groups in total. The molecular weight excluding hydrogens is 334 g/mol. The van der Waals surface area contributed by atoms with Crippen molar-refractivity contribution in [2.45, 2.75) is 33.8 Å². The predicted octanol–water partition coefficient (Wildman–Crippen LogP) is 0.973. The average molecular weight is 351 g/mol. The van der Waals surface area contributed by atoms with Gasteiger partial charge in [0.2, 0.25) is 0 Å². The first-order valence-corrected chi connectivity index (χ1v) is 7.40. The van der Waals surface area contributed by atoms with E-state index in [4.69, 9.17) is 18.9 Å². The number of ether oxygens (including phenoxy) is 4. The van der Waals surface area contributed by atoms with Crippen LogP contribution in [0.3, 0.4) is 0 Å². The van der Waals surface area contributed by atoms with E-state index in [9.17, 15) is 19.2 Å². The van der Waals surface area contributed by atoms with Gasteiger partial charge in [-0.1, -0.05) is 0 Å². The Balaban J connectivity index is 2.78. The number of rotatable bonds is 3. The minimum Gasteiger partial charge on any atom is -0.485 e. The topological polar surface area (TPSA) is 117 Å². The molecule has 1 unspecified atom stereocenters. The van der Waals surface area contributed by atoms with Crippen molar-refractivity contribution in [3.8, 4) is 23.0 Å². The standard InChI is InChI=1S/C16H17NO8/c1-7-6-17-16(21)13-14(24-9(3)19)11(22-7)5-12(23-8(2)18)15(13)25-10(4)20/h5,7H,6H2,1-4H3,(H,17,21). The van der Waals surface area contributed by atoms with E-state index >= 15 is 0 Å². The highest BCUT2D eigenvalue weighted by molar-refractivity contribution is 6.03. The minimum atomic E-state index is -0.754. The fraction of sp³-hybridized carbons (Fsp3) is 0.375. The molecule has 0 radical (unpaired) electrons. The smallest absolute Gasteiger partial charge is 0.308 e. The Hall–Kier alpha value is -3.10.